The lowest BCUT2D eigenvalue weighted by molar-refractivity contribution is 0.415. The molecule has 0 amide bonds. The lowest BCUT2D eigenvalue weighted by Gasteiger charge is -2.07. The summed E-state index contributed by atoms with van der Waals surface area (Å²) in [5.41, 5.74) is 2.92. The molecule has 3 aromatic rings. The molecule has 20 heavy (non-hydrogen) atoms. The highest BCUT2D eigenvalue weighted by atomic mass is 32.2. The van der Waals surface area contributed by atoms with Crippen molar-refractivity contribution in [3.63, 3.8) is 0 Å². The van der Waals surface area contributed by atoms with Crippen molar-refractivity contribution in [1.29, 1.82) is 0 Å². The molecule has 0 aliphatic heterocycles. The van der Waals surface area contributed by atoms with Gasteiger partial charge in [-0.25, -0.2) is 9.97 Å². The molecule has 4 nitrogen and oxygen atoms in total. The molecule has 0 spiro atoms. The Hall–Kier alpha value is -2.01. The zero-order chi connectivity index (χ0) is 13.9. The van der Waals surface area contributed by atoms with E-state index in [0.29, 0.717) is 0 Å². The average molecular weight is 285 g/mol. The zero-order valence-electron chi connectivity index (χ0n) is 11.4. The molecule has 2 aromatic heterocycles. The number of hydrogen-bond donors (Lipinski definition) is 0. The number of ether oxygens (including phenoxy) is 1. The lowest BCUT2D eigenvalue weighted by atomic mass is 10.1. The van der Waals surface area contributed by atoms with Gasteiger partial charge in [0.2, 0.25) is 0 Å². The number of rotatable bonds is 4. The molecule has 102 valence electrons. The van der Waals surface area contributed by atoms with Crippen LogP contribution in [0.5, 0.6) is 5.75 Å². The van der Waals surface area contributed by atoms with Crippen LogP contribution in [0.25, 0.3) is 16.9 Å². The summed E-state index contributed by atoms with van der Waals surface area (Å²) in [4.78, 5) is 9.10. The minimum Gasteiger partial charge on any atom is -0.497 e. The maximum atomic E-state index is 5.18. The monoisotopic (exact) mass is 285 g/mol. The van der Waals surface area contributed by atoms with Crippen LogP contribution >= 0.6 is 11.8 Å². The Balaban J connectivity index is 2.09. The Morgan fingerprint density at radius 2 is 2.05 bits per heavy atom. The fraction of sp³-hybridized carbons (Fsp3) is 0.200. The van der Waals surface area contributed by atoms with E-state index in [0.717, 1.165) is 33.6 Å². The van der Waals surface area contributed by atoms with Gasteiger partial charge in [-0.05, 0) is 30.0 Å². The van der Waals surface area contributed by atoms with Gasteiger partial charge in [-0.2, -0.15) is 0 Å². The second-order valence-corrected chi connectivity index (χ2v) is 5.47. The fourth-order valence-corrected chi connectivity index (χ4v) is 2.75. The minimum atomic E-state index is 0.846. The number of hydrogen-bond acceptors (Lipinski definition) is 4. The maximum absolute atomic E-state index is 5.18. The van der Waals surface area contributed by atoms with Crippen LogP contribution in [0.3, 0.4) is 0 Å². The van der Waals surface area contributed by atoms with E-state index < -0.39 is 0 Å². The Morgan fingerprint density at radius 3 is 2.75 bits per heavy atom. The highest BCUT2D eigenvalue weighted by Crippen LogP contribution is 2.25. The molecule has 0 radical (unpaired) electrons. The summed E-state index contributed by atoms with van der Waals surface area (Å²) in [5, 5.41) is 0.966. The van der Waals surface area contributed by atoms with E-state index in [2.05, 4.69) is 11.9 Å². The molecule has 0 fully saturated rings. The SMILES string of the molecule is CCSc1nc(-c2ccc(OC)cc2)cc2nccn12. The van der Waals surface area contributed by atoms with Crippen LogP contribution < -0.4 is 4.74 Å². The highest BCUT2D eigenvalue weighted by molar-refractivity contribution is 7.99. The molecule has 3 rings (SSSR count). The summed E-state index contributed by atoms with van der Waals surface area (Å²) in [5.74, 6) is 1.82. The van der Waals surface area contributed by atoms with Gasteiger partial charge in [-0.3, -0.25) is 4.40 Å². The second-order valence-electron chi connectivity index (χ2n) is 4.24. The zero-order valence-corrected chi connectivity index (χ0v) is 12.2. The molecule has 0 aliphatic carbocycles. The van der Waals surface area contributed by atoms with Gasteiger partial charge in [0.15, 0.2) is 5.16 Å². The van der Waals surface area contributed by atoms with Crippen LogP contribution in [0.1, 0.15) is 6.92 Å². The van der Waals surface area contributed by atoms with Gasteiger partial charge in [-0.1, -0.05) is 18.7 Å². The largest absolute Gasteiger partial charge is 0.497 e. The van der Waals surface area contributed by atoms with Crippen LogP contribution in [0.2, 0.25) is 0 Å². The van der Waals surface area contributed by atoms with E-state index in [9.17, 15) is 0 Å². The summed E-state index contributed by atoms with van der Waals surface area (Å²) < 4.78 is 7.20. The molecule has 0 N–H and O–H groups in total. The molecular formula is C15H15N3OS. The molecule has 0 bridgehead atoms. The van der Waals surface area contributed by atoms with E-state index in [1.54, 1.807) is 25.1 Å². The summed E-state index contributed by atoms with van der Waals surface area (Å²) in [6.45, 7) is 2.12. The Labute approximate surface area is 121 Å². The summed E-state index contributed by atoms with van der Waals surface area (Å²) in [7, 11) is 1.67. The Kier molecular flexibility index (Phi) is 3.60. The van der Waals surface area contributed by atoms with Crippen molar-refractivity contribution >= 4 is 17.4 Å². The van der Waals surface area contributed by atoms with Crippen LogP contribution in [-0.4, -0.2) is 27.2 Å². The van der Waals surface area contributed by atoms with E-state index >= 15 is 0 Å². The molecule has 0 saturated carbocycles. The van der Waals surface area contributed by atoms with Crippen molar-refractivity contribution in [2.24, 2.45) is 0 Å². The third-order valence-corrected chi connectivity index (χ3v) is 3.85. The lowest BCUT2D eigenvalue weighted by Crippen LogP contribution is -1.96. The molecule has 0 atom stereocenters. The van der Waals surface area contributed by atoms with E-state index in [1.807, 2.05) is 40.9 Å². The molecule has 5 heteroatoms. The molecule has 0 unspecified atom stereocenters. The average Bonchev–Trinajstić information content (AvgIpc) is 2.96. The first-order chi connectivity index (χ1) is 9.81. The van der Waals surface area contributed by atoms with Crippen molar-refractivity contribution in [2.45, 2.75) is 12.1 Å². The van der Waals surface area contributed by atoms with Crippen molar-refractivity contribution in [3.8, 4) is 17.0 Å². The first kappa shape index (κ1) is 13.0. The van der Waals surface area contributed by atoms with Gasteiger partial charge in [0.05, 0.1) is 12.8 Å². The minimum absolute atomic E-state index is 0.846. The number of imidazole rings is 1. The van der Waals surface area contributed by atoms with E-state index in [-0.39, 0.29) is 0 Å². The van der Waals surface area contributed by atoms with E-state index in [1.165, 1.54) is 0 Å². The number of fused-ring (bicyclic) bond motifs is 1. The van der Waals surface area contributed by atoms with Crippen LogP contribution in [0, 0.1) is 0 Å². The predicted octanol–water partition coefficient (Wildman–Crippen LogP) is 3.52. The van der Waals surface area contributed by atoms with Gasteiger partial charge in [0.1, 0.15) is 11.4 Å². The smallest absolute Gasteiger partial charge is 0.174 e. The topological polar surface area (TPSA) is 39.4 Å². The first-order valence-corrected chi connectivity index (χ1v) is 7.41. The third kappa shape index (κ3) is 2.36. The summed E-state index contributed by atoms with van der Waals surface area (Å²) >= 11 is 1.71. The number of thioether (sulfide) groups is 1. The quantitative estimate of drug-likeness (QED) is 0.543. The second kappa shape index (κ2) is 5.54. The van der Waals surface area contributed by atoms with Gasteiger partial charge in [0.25, 0.3) is 0 Å². The summed E-state index contributed by atoms with van der Waals surface area (Å²) in [6, 6.07) is 9.92. The molecule has 0 aliphatic rings. The highest BCUT2D eigenvalue weighted by Gasteiger charge is 2.08. The molecular weight excluding hydrogens is 270 g/mol. The standard InChI is InChI=1S/C15H15N3OS/c1-3-20-15-17-13(10-14-16-8-9-18(14)15)11-4-6-12(19-2)7-5-11/h4-10H,3H2,1-2H3. The van der Waals surface area contributed by atoms with Gasteiger partial charge in [0, 0.05) is 24.0 Å². The normalized spacial score (nSPS) is 10.9. The van der Waals surface area contributed by atoms with Crippen molar-refractivity contribution in [1.82, 2.24) is 14.4 Å². The van der Waals surface area contributed by atoms with Gasteiger partial charge in [-0.15, -0.1) is 0 Å². The number of benzene rings is 1. The van der Waals surface area contributed by atoms with Gasteiger partial charge >= 0.3 is 0 Å². The Bertz CT molecular complexity index is 722. The van der Waals surface area contributed by atoms with Crippen LogP contribution in [0.4, 0.5) is 0 Å². The Morgan fingerprint density at radius 1 is 1.25 bits per heavy atom. The predicted molar refractivity (Wildman–Crippen MR) is 81.4 cm³/mol. The summed E-state index contributed by atoms with van der Waals surface area (Å²) in [6.07, 6.45) is 3.74. The number of nitrogens with zero attached hydrogens (tertiary/aromatic N) is 3. The molecule has 0 saturated heterocycles. The number of aromatic nitrogens is 3. The third-order valence-electron chi connectivity index (χ3n) is 3.02. The van der Waals surface area contributed by atoms with Crippen molar-refractivity contribution in [3.05, 3.63) is 42.7 Å². The fourth-order valence-electron chi connectivity index (χ4n) is 2.04. The number of methoxy groups -OCH3 is 1. The van der Waals surface area contributed by atoms with Crippen LogP contribution in [0.15, 0.2) is 47.9 Å². The first-order valence-electron chi connectivity index (χ1n) is 6.43. The van der Waals surface area contributed by atoms with Crippen LogP contribution in [-0.2, 0) is 0 Å². The maximum Gasteiger partial charge on any atom is 0.174 e. The molecule has 2 heterocycles. The van der Waals surface area contributed by atoms with Crippen molar-refractivity contribution in [2.75, 3.05) is 12.9 Å². The molecule has 1 aromatic carbocycles. The van der Waals surface area contributed by atoms with Crippen molar-refractivity contribution < 1.29 is 4.74 Å². The van der Waals surface area contributed by atoms with Gasteiger partial charge < -0.3 is 4.74 Å². The van der Waals surface area contributed by atoms with E-state index in [4.69, 9.17) is 9.72 Å².